The van der Waals surface area contributed by atoms with Crippen molar-refractivity contribution in [3.05, 3.63) is 28.1 Å². The molecule has 0 spiro atoms. The van der Waals surface area contributed by atoms with Crippen molar-refractivity contribution >= 4 is 26.8 Å². The lowest BCUT2D eigenvalue weighted by Gasteiger charge is -2.00. The van der Waals surface area contributed by atoms with Crippen molar-refractivity contribution in [2.75, 3.05) is 0 Å². The number of benzene rings is 1. The highest BCUT2D eigenvalue weighted by Crippen LogP contribution is 2.30. The van der Waals surface area contributed by atoms with E-state index in [0.717, 1.165) is 0 Å². The van der Waals surface area contributed by atoms with E-state index in [1.54, 1.807) is 0 Å². The molecule has 0 bridgehead atoms. The smallest absolute Gasteiger partial charge is 0.252 e. The molecule has 1 aromatic carbocycles. The van der Waals surface area contributed by atoms with E-state index in [1.807, 2.05) is 5.10 Å². The van der Waals surface area contributed by atoms with Crippen LogP contribution in [0.25, 0.3) is 10.9 Å². The first kappa shape index (κ1) is 9.51. The summed E-state index contributed by atoms with van der Waals surface area (Å²) < 4.78 is 38.4. The first-order valence-electron chi connectivity index (χ1n) is 3.70. The number of hydrogen-bond acceptors (Lipinski definition) is 1. The Morgan fingerprint density at radius 2 is 2.07 bits per heavy atom. The van der Waals surface area contributed by atoms with Crippen LogP contribution < -0.4 is 0 Å². The zero-order valence-electron chi connectivity index (χ0n) is 6.69. The molecule has 0 aliphatic heterocycles. The largest absolute Gasteiger partial charge is 0.266 e. The summed E-state index contributed by atoms with van der Waals surface area (Å²) in [6.45, 7) is 0. The summed E-state index contributed by atoms with van der Waals surface area (Å²) in [6, 6.07) is 2.63. The summed E-state index contributed by atoms with van der Waals surface area (Å²) in [7, 11) is 0. The van der Waals surface area contributed by atoms with Gasteiger partial charge in [-0.15, -0.1) is 0 Å². The highest BCUT2D eigenvalue weighted by atomic mass is 79.9. The Bertz CT molecular complexity index is 481. The lowest BCUT2D eigenvalue weighted by atomic mass is 10.1. The van der Waals surface area contributed by atoms with Crippen LogP contribution in [-0.2, 0) is 0 Å². The van der Waals surface area contributed by atoms with Crippen LogP contribution in [0.1, 0.15) is 12.0 Å². The molecule has 0 aliphatic rings. The Hall–Kier alpha value is -1.04. The van der Waals surface area contributed by atoms with Gasteiger partial charge in [0.2, 0.25) is 5.95 Å². The monoisotopic (exact) mass is 264 g/mol. The van der Waals surface area contributed by atoms with E-state index in [2.05, 4.69) is 21.0 Å². The quantitative estimate of drug-likeness (QED) is 0.841. The molecule has 0 aliphatic carbocycles. The molecular formula is C8H4BrF3N2. The van der Waals surface area contributed by atoms with Gasteiger partial charge in [-0.25, -0.2) is 8.78 Å². The summed E-state index contributed by atoms with van der Waals surface area (Å²) in [5.41, 5.74) is -0.310. The third-order valence-corrected chi connectivity index (χ3v) is 2.30. The van der Waals surface area contributed by atoms with Gasteiger partial charge in [-0.1, -0.05) is 15.9 Å². The van der Waals surface area contributed by atoms with Crippen molar-refractivity contribution in [3.63, 3.8) is 0 Å². The molecule has 2 rings (SSSR count). The number of alkyl halides is 2. The van der Waals surface area contributed by atoms with Gasteiger partial charge in [0, 0.05) is 10.0 Å². The van der Waals surface area contributed by atoms with Crippen molar-refractivity contribution < 1.29 is 13.2 Å². The normalized spacial score (nSPS) is 11.5. The highest BCUT2D eigenvalue weighted by Gasteiger charge is 2.17. The molecule has 14 heavy (non-hydrogen) atoms. The third kappa shape index (κ3) is 1.39. The van der Waals surface area contributed by atoms with Gasteiger partial charge < -0.3 is 0 Å². The van der Waals surface area contributed by atoms with Crippen LogP contribution in [0.5, 0.6) is 0 Å². The molecule has 0 saturated carbocycles. The Morgan fingerprint density at radius 1 is 1.36 bits per heavy atom. The molecule has 6 heteroatoms. The average Bonchev–Trinajstić information content (AvgIpc) is 2.47. The number of nitrogens with zero attached hydrogens (tertiary/aromatic N) is 1. The molecule has 0 saturated heterocycles. The number of aromatic nitrogens is 2. The number of nitrogens with one attached hydrogen (secondary N) is 1. The van der Waals surface area contributed by atoms with Gasteiger partial charge in [-0.2, -0.15) is 9.49 Å². The molecule has 0 fully saturated rings. The van der Waals surface area contributed by atoms with E-state index in [4.69, 9.17) is 0 Å². The van der Waals surface area contributed by atoms with Gasteiger partial charge in [-0.3, -0.25) is 5.10 Å². The second-order valence-corrected chi connectivity index (χ2v) is 3.65. The van der Waals surface area contributed by atoms with Crippen LogP contribution in [-0.4, -0.2) is 10.2 Å². The minimum Gasteiger partial charge on any atom is -0.252 e. The molecule has 0 amide bonds. The second-order valence-electron chi connectivity index (χ2n) is 2.73. The fourth-order valence-corrected chi connectivity index (χ4v) is 1.72. The van der Waals surface area contributed by atoms with Gasteiger partial charge >= 0.3 is 0 Å². The molecule has 0 unspecified atom stereocenters. The van der Waals surface area contributed by atoms with Crippen LogP contribution in [0.3, 0.4) is 0 Å². The average molecular weight is 265 g/mol. The van der Waals surface area contributed by atoms with Crippen molar-refractivity contribution in [2.24, 2.45) is 0 Å². The lowest BCUT2D eigenvalue weighted by Crippen LogP contribution is -1.86. The van der Waals surface area contributed by atoms with Crippen molar-refractivity contribution in [3.8, 4) is 0 Å². The summed E-state index contributed by atoms with van der Waals surface area (Å²) >= 11 is 3.03. The maximum Gasteiger partial charge on any atom is 0.266 e. The number of H-pyrrole nitrogens is 1. The predicted molar refractivity (Wildman–Crippen MR) is 48.7 cm³/mol. The molecular weight excluding hydrogens is 261 g/mol. The van der Waals surface area contributed by atoms with Crippen molar-refractivity contribution in [1.29, 1.82) is 0 Å². The van der Waals surface area contributed by atoms with E-state index < -0.39 is 12.4 Å². The number of fused-ring (bicyclic) bond motifs is 1. The first-order chi connectivity index (χ1) is 6.59. The predicted octanol–water partition coefficient (Wildman–Crippen LogP) is 3.40. The molecule has 2 aromatic rings. The van der Waals surface area contributed by atoms with Crippen LogP contribution in [0, 0.1) is 5.95 Å². The number of halogens is 4. The molecule has 74 valence electrons. The van der Waals surface area contributed by atoms with Crippen LogP contribution in [0.15, 0.2) is 16.6 Å². The third-order valence-electron chi connectivity index (χ3n) is 1.84. The molecule has 1 aromatic heterocycles. The maximum absolute atomic E-state index is 13.0. The second kappa shape index (κ2) is 3.27. The summed E-state index contributed by atoms with van der Waals surface area (Å²) in [4.78, 5) is 0. The van der Waals surface area contributed by atoms with Crippen LogP contribution >= 0.6 is 15.9 Å². The van der Waals surface area contributed by atoms with Crippen molar-refractivity contribution in [2.45, 2.75) is 6.43 Å². The maximum atomic E-state index is 13.0. The minimum atomic E-state index is -2.67. The fraction of sp³-hybridized carbons (Fsp3) is 0.125. The summed E-state index contributed by atoms with van der Waals surface area (Å²) in [6.07, 6.45) is -2.67. The number of aromatic amines is 1. The Morgan fingerprint density at radius 3 is 2.71 bits per heavy atom. The summed E-state index contributed by atoms with van der Waals surface area (Å²) in [5, 5.41) is 5.57. The molecule has 2 nitrogen and oxygen atoms in total. The van der Waals surface area contributed by atoms with E-state index in [9.17, 15) is 13.2 Å². The van der Waals surface area contributed by atoms with Gasteiger partial charge in [0.05, 0.1) is 5.39 Å². The van der Waals surface area contributed by atoms with Gasteiger partial charge in [0.25, 0.3) is 6.43 Å². The van der Waals surface area contributed by atoms with E-state index >= 15 is 0 Å². The number of rotatable bonds is 1. The lowest BCUT2D eigenvalue weighted by molar-refractivity contribution is 0.153. The van der Waals surface area contributed by atoms with Gasteiger partial charge in [-0.05, 0) is 12.1 Å². The zero-order chi connectivity index (χ0) is 10.3. The number of hydrogen-bond donors (Lipinski definition) is 1. The highest BCUT2D eigenvalue weighted by molar-refractivity contribution is 9.10. The van der Waals surface area contributed by atoms with Gasteiger partial charge in [0.1, 0.15) is 5.52 Å². The molecule has 1 heterocycles. The standard InChI is InChI=1S/C8H4BrF3N2/c9-3-1-4(7(10)11)6-5(2-3)8(12)14-13-6/h1-2,7H,(H,13,14). The fourth-order valence-electron chi connectivity index (χ4n) is 1.24. The Labute approximate surface area is 85.2 Å². The Balaban J connectivity index is 2.82. The molecule has 0 radical (unpaired) electrons. The summed E-state index contributed by atoms with van der Waals surface area (Å²) in [5.74, 6) is -0.705. The Kier molecular flexibility index (Phi) is 2.22. The topological polar surface area (TPSA) is 28.7 Å². The van der Waals surface area contributed by atoms with E-state index in [1.165, 1.54) is 12.1 Å². The zero-order valence-corrected chi connectivity index (χ0v) is 8.28. The minimum absolute atomic E-state index is 0.0271. The van der Waals surface area contributed by atoms with Crippen LogP contribution in [0.4, 0.5) is 13.2 Å². The SMILES string of the molecule is Fc1[nH]nc2c(C(F)F)cc(Br)cc12. The van der Waals surface area contributed by atoms with E-state index in [0.29, 0.717) is 4.47 Å². The van der Waals surface area contributed by atoms with Crippen LogP contribution in [0.2, 0.25) is 0 Å². The van der Waals surface area contributed by atoms with E-state index in [-0.39, 0.29) is 16.5 Å². The molecule has 0 atom stereocenters. The van der Waals surface area contributed by atoms with Gasteiger partial charge in [0.15, 0.2) is 0 Å². The van der Waals surface area contributed by atoms with Crippen molar-refractivity contribution in [1.82, 2.24) is 10.2 Å². The molecule has 1 N–H and O–H groups in total. The first-order valence-corrected chi connectivity index (χ1v) is 4.50.